The third-order valence-electron chi connectivity index (χ3n) is 4.47. The van der Waals surface area contributed by atoms with Gasteiger partial charge >= 0.3 is 0 Å². The van der Waals surface area contributed by atoms with Gasteiger partial charge in [-0.25, -0.2) is 8.78 Å². The molecule has 0 aliphatic carbocycles. The molecule has 3 rings (SSSR count). The summed E-state index contributed by atoms with van der Waals surface area (Å²) in [6, 6.07) is 18.1. The number of hydrogen-bond donors (Lipinski definition) is 0. The fraction of sp³-hybridized carbons (Fsp3) is 0.217. The lowest BCUT2D eigenvalue weighted by Crippen LogP contribution is -2.12. The van der Waals surface area contributed by atoms with Crippen LogP contribution in [0.1, 0.15) is 29.2 Å². The fourth-order valence-corrected chi connectivity index (χ4v) is 3.80. The maximum absolute atomic E-state index is 13.3. The van der Waals surface area contributed by atoms with Gasteiger partial charge in [0.1, 0.15) is 17.7 Å². The van der Waals surface area contributed by atoms with Gasteiger partial charge in [-0.05, 0) is 60.9 Å². The molecule has 0 aromatic heterocycles. The van der Waals surface area contributed by atoms with Gasteiger partial charge in [-0.3, -0.25) is 4.18 Å². The third kappa shape index (κ3) is 5.95. The van der Waals surface area contributed by atoms with Gasteiger partial charge in [-0.15, -0.1) is 0 Å². The minimum Gasteiger partial charge on any atom is -0.369 e. The highest BCUT2D eigenvalue weighted by Gasteiger charge is 2.17. The Morgan fingerprint density at radius 2 is 1.27 bits per heavy atom. The smallest absolute Gasteiger partial charge is 0.296 e. The highest BCUT2D eigenvalue weighted by Crippen LogP contribution is 2.27. The van der Waals surface area contributed by atoms with Crippen LogP contribution in [-0.4, -0.2) is 21.6 Å². The van der Waals surface area contributed by atoms with Crippen LogP contribution in [0.15, 0.2) is 77.7 Å². The van der Waals surface area contributed by atoms with E-state index in [0.29, 0.717) is 17.5 Å². The van der Waals surface area contributed by atoms with Gasteiger partial charge in [0.25, 0.3) is 10.1 Å². The Kier molecular flexibility index (Phi) is 7.31. The van der Waals surface area contributed by atoms with Crippen LogP contribution in [-0.2, 0) is 19.0 Å². The largest absolute Gasteiger partial charge is 0.369 e. The topological polar surface area (TPSA) is 52.6 Å². The third-order valence-corrected chi connectivity index (χ3v) is 5.79. The van der Waals surface area contributed by atoms with Crippen molar-refractivity contribution < 1.29 is 26.1 Å². The van der Waals surface area contributed by atoms with E-state index in [0.717, 1.165) is 5.56 Å². The molecule has 0 N–H and O–H groups in total. The van der Waals surface area contributed by atoms with E-state index in [-0.39, 0.29) is 29.7 Å². The Morgan fingerprint density at radius 3 is 1.77 bits per heavy atom. The summed E-state index contributed by atoms with van der Waals surface area (Å²) in [5.41, 5.74) is 2.36. The molecule has 0 unspecified atom stereocenters. The first-order valence-corrected chi connectivity index (χ1v) is 10.8. The van der Waals surface area contributed by atoms with E-state index in [9.17, 15) is 17.2 Å². The first-order valence-electron chi connectivity index (χ1n) is 9.44. The average molecular weight is 432 g/mol. The Bertz CT molecular complexity index is 1000. The quantitative estimate of drug-likeness (QED) is 0.346. The van der Waals surface area contributed by atoms with Crippen LogP contribution in [0.5, 0.6) is 0 Å². The van der Waals surface area contributed by atoms with Gasteiger partial charge in [0, 0.05) is 0 Å². The van der Waals surface area contributed by atoms with Crippen LogP contribution >= 0.6 is 0 Å². The summed E-state index contributed by atoms with van der Waals surface area (Å²) < 4.78 is 61.9. The zero-order chi connectivity index (χ0) is 21.6. The molecule has 0 saturated heterocycles. The van der Waals surface area contributed by atoms with Crippen molar-refractivity contribution >= 4 is 10.1 Å². The summed E-state index contributed by atoms with van der Waals surface area (Å²) in [6.07, 6.45) is -0.218. The molecule has 0 spiro atoms. The molecule has 3 aromatic rings. The first-order chi connectivity index (χ1) is 14.3. The Morgan fingerprint density at radius 1 is 0.767 bits per heavy atom. The molecule has 0 bridgehead atoms. The molecular formula is C23H22F2O4S. The van der Waals surface area contributed by atoms with E-state index in [4.69, 9.17) is 8.92 Å². The standard InChI is InChI=1S/C23H22F2O4S/c1-17-3-13-22(14-4-17)30(26,27)29-16-2-15-28-23(18-5-9-20(24)10-6-18)19-7-11-21(25)12-8-19/h3-14,23H,2,15-16H2,1H3. The minimum absolute atomic E-state index is 0.0459. The van der Waals surface area contributed by atoms with E-state index < -0.39 is 16.2 Å². The SMILES string of the molecule is Cc1ccc(S(=O)(=O)OCCCOC(c2ccc(F)cc2)c2ccc(F)cc2)cc1. The molecule has 30 heavy (non-hydrogen) atoms. The van der Waals surface area contributed by atoms with Crippen molar-refractivity contribution in [2.75, 3.05) is 13.2 Å². The normalized spacial score (nSPS) is 11.7. The molecule has 0 fully saturated rings. The van der Waals surface area contributed by atoms with Gasteiger partial charge in [-0.1, -0.05) is 42.0 Å². The Labute approximate surface area is 175 Å². The Hall–Kier alpha value is -2.61. The molecule has 0 radical (unpaired) electrons. The van der Waals surface area contributed by atoms with Crippen molar-refractivity contribution in [3.05, 3.63) is 101 Å². The number of hydrogen-bond acceptors (Lipinski definition) is 4. The summed E-state index contributed by atoms with van der Waals surface area (Å²) in [6.45, 7) is 2.02. The summed E-state index contributed by atoms with van der Waals surface area (Å²) in [7, 11) is -3.83. The fourth-order valence-electron chi connectivity index (χ4n) is 2.86. The molecule has 0 aliphatic rings. The van der Waals surface area contributed by atoms with Gasteiger partial charge in [0.2, 0.25) is 0 Å². The summed E-state index contributed by atoms with van der Waals surface area (Å²) >= 11 is 0. The number of benzene rings is 3. The molecule has 0 saturated carbocycles. The lowest BCUT2D eigenvalue weighted by Gasteiger charge is -2.19. The molecule has 3 aromatic carbocycles. The molecule has 0 amide bonds. The van der Waals surface area contributed by atoms with Crippen LogP contribution in [0, 0.1) is 18.6 Å². The van der Waals surface area contributed by atoms with Gasteiger partial charge in [-0.2, -0.15) is 8.42 Å². The highest BCUT2D eigenvalue weighted by molar-refractivity contribution is 7.86. The Balaban J connectivity index is 1.60. The van der Waals surface area contributed by atoms with Crippen LogP contribution < -0.4 is 0 Å². The van der Waals surface area contributed by atoms with Gasteiger partial charge in [0.05, 0.1) is 18.1 Å². The minimum atomic E-state index is -3.83. The van der Waals surface area contributed by atoms with Crippen LogP contribution in [0.2, 0.25) is 0 Å². The van der Waals surface area contributed by atoms with Crippen molar-refractivity contribution in [3.8, 4) is 0 Å². The van der Waals surface area contributed by atoms with Crippen molar-refractivity contribution in [2.24, 2.45) is 0 Å². The van der Waals surface area contributed by atoms with Crippen molar-refractivity contribution in [1.29, 1.82) is 0 Å². The number of aryl methyl sites for hydroxylation is 1. The second kappa shape index (κ2) is 9.93. The lowest BCUT2D eigenvalue weighted by molar-refractivity contribution is 0.0708. The van der Waals surface area contributed by atoms with Crippen molar-refractivity contribution in [3.63, 3.8) is 0 Å². The first kappa shape index (κ1) is 22.1. The lowest BCUT2D eigenvalue weighted by atomic mass is 10.0. The number of ether oxygens (including phenoxy) is 1. The molecule has 158 valence electrons. The molecule has 0 atom stereocenters. The monoisotopic (exact) mass is 432 g/mol. The molecule has 0 aliphatic heterocycles. The second-order valence-corrected chi connectivity index (χ2v) is 8.41. The predicted octanol–water partition coefficient (Wildman–Crippen LogP) is 5.17. The maximum Gasteiger partial charge on any atom is 0.296 e. The van der Waals surface area contributed by atoms with Gasteiger partial charge < -0.3 is 4.74 Å². The van der Waals surface area contributed by atoms with Crippen LogP contribution in [0.4, 0.5) is 8.78 Å². The van der Waals surface area contributed by atoms with Crippen molar-refractivity contribution in [1.82, 2.24) is 0 Å². The van der Waals surface area contributed by atoms with E-state index in [1.54, 1.807) is 36.4 Å². The molecule has 0 heterocycles. The maximum atomic E-state index is 13.3. The van der Waals surface area contributed by atoms with E-state index in [1.807, 2.05) is 6.92 Å². The summed E-state index contributed by atoms with van der Waals surface area (Å²) in [5.74, 6) is -0.738. The second-order valence-electron chi connectivity index (χ2n) is 6.80. The number of halogens is 2. The molecule has 4 nitrogen and oxygen atoms in total. The van der Waals surface area contributed by atoms with Crippen molar-refractivity contribution in [2.45, 2.75) is 24.3 Å². The molecule has 7 heteroatoms. The van der Waals surface area contributed by atoms with E-state index in [2.05, 4.69) is 0 Å². The van der Waals surface area contributed by atoms with Crippen LogP contribution in [0.25, 0.3) is 0 Å². The van der Waals surface area contributed by atoms with Gasteiger partial charge in [0.15, 0.2) is 0 Å². The molecular weight excluding hydrogens is 410 g/mol. The van der Waals surface area contributed by atoms with E-state index in [1.165, 1.54) is 36.4 Å². The van der Waals surface area contributed by atoms with E-state index >= 15 is 0 Å². The highest BCUT2D eigenvalue weighted by atomic mass is 32.2. The zero-order valence-electron chi connectivity index (χ0n) is 16.4. The summed E-state index contributed by atoms with van der Waals surface area (Å²) in [5, 5.41) is 0. The number of rotatable bonds is 9. The average Bonchev–Trinajstić information content (AvgIpc) is 2.73. The zero-order valence-corrected chi connectivity index (χ0v) is 17.2. The van der Waals surface area contributed by atoms with Crippen LogP contribution in [0.3, 0.4) is 0 Å². The predicted molar refractivity (Wildman–Crippen MR) is 110 cm³/mol. The summed E-state index contributed by atoms with van der Waals surface area (Å²) in [4.78, 5) is 0.101.